The zero-order valence-electron chi connectivity index (χ0n) is 14.3. The lowest BCUT2D eigenvalue weighted by atomic mass is 9.95. The van der Waals surface area contributed by atoms with E-state index < -0.39 is 5.97 Å². The summed E-state index contributed by atoms with van der Waals surface area (Å²) in [7, 11) is 0. The van der Waals surface area contributed by atoms with Crippen LogP contribution in [-0.4, -0.2) is 16.1 Å². The minimum atomic E-state index is -0.934. The first-order valence-electron chi connectivity index (χ1n) is 8.42. The number of carboxylic acid groups (broad SMARTS) is 1. The average molecular weight is 339 g/mol. The number of hydrogen-bond acceptors (Lipinski definition) is 2. The Labute approximate surface area is 151 Å². The predicted octanol–water partition coefficient (Wildman–Crippen LogP) is 5.58. The molecule has 0 aliphatic carbocycles. The highest BCUT2D eigenvalue weighted by atomic mass is 16.4. The van der Waals surface area contributed by atoms with Gasteiger partial charge in [-0.2, -0.15) is 0 Å². The number of aryl methyl sites for hydroxylation is 1. The first-order valence-corrected chi connectivity index (χ1v) is 8.42. The van der Waals surface area contributed by atoms with Crippen LogP contribution in [0.25, 0.3) is 33.2 Å². The number of fused-ring (bicyclic) bond motifs is 1. The molecule has 0 atom stereocenters. The highest BCUT2D eigenvalue weighted by molar-refractivity contribution is 6.00. The molecule has 0 saturated heterocycles. The number of carboxylic acids is 1. The van der Waals surface area contributed by atoms with Gasteiger partial charge in [-0.05, 0) is 59.5 Å². The van der Waals surface area contributed by atoms with Crippen molar-refractivity contribution in [2.45, 2.75) is 6.92 Å². The third-order valence-electron chi connectivity index (χ3n) is 4.46. The van der Waals surface area contributed by atoms with Crippen LogP contribution in [0.4, 0.5) is 0 Å². The summed E-state index contributed by atoms with van der Waals surface area (Å²) in [5.41, 5.74) is 6.29. The lowest BCUT2D eigenvalue weighted by Gasteiger charge is -2.11. The Hall–Kier alpha value is -3.46. The fraction of sp³-hybridized carbons (Fsp3) is 0.0435. The minimum Gasteiger partial charge on any atom is -0.478 e. The molecule has 0 saturated carbocycles. The first kappa shape index (κ1) is 16.0. The van der Waals surface area contributed by atoms with E-state index in [-0.39, 0.29) is 5.56 Å². The third kappa shape index (κ3) is 2.95. The van der Waals surface area contributed by atoms with E-state index in [4.69, 9.17) is 0 Å². The fourth-order valence-electron chi connectivity index (χ4n) is 3.23. The average Bonchev–Trinajstić information content (AvgIpc) is 2.67. The largest absolute Gasteiger partial charge is 0.478 e. The van der Waals surface area contributed by atoms with E-state index in [0.29, 0.717) is 0 Å². The van der Waals surface area contributed by atoms with Crippen LogP contribution < -0.4 is 0 Å². The summed E-state index contributed by atoms with van der Waals surface area (Å²) in [5.74, 6) is -0.934. The van der Waals surface area contributed by atoms with Gasteiger partial charge in [-0.15, -0.1) is 0 Å². The van der Waals surface area contributed by atoms with Crippen molar-refractivity contribution in [3.8, 4) is 22.3 Å². The second-order valence-corrected chi connectivity index (χ2v) is 6.30. The molecule has 0 amide bonds. The lowest BCUT2D eigenvalue weighted by Crippen LogP contribution is -1.97. The highest BCUT2D eigenvalue weighted by Crippen LogP contribution is 2.32. The number of aromatic carboxylic acids is 1. The molecule has 0 radical (unpaired) electrons. The molecule has 0 spiro atoms. The Kier molecular flexibility index (Phi) is 3.98. The van der Waals surface area contributed by atoms with Gasteiger partial charge in [-0.3, -0.25) is 4.98 Å². The quantitative estimate of drug-likeness (QED) is 0.530. The topological polar surface area (TPSA) is 50.2 Å². The summed E-state index contributed by atoms with van der Waals surface area (Å²) >= 11 is 0. The van der Waals surface area contributed by atoms with Gasteiger partial charge in [0, 0.05) is 11.1 Å². The number of rotatable bonds is 3. The summed E-state index contributed by atoms with van der Waals surface area (Å²) in [6.45, 7) is 1.95. The van der Waals surface area contributed by atoms with Gasteiger partial charge in [-0.25, -0.2) is 4.79 Å². The summed E-state index contributed by atoms with van der Waals surface area (Å²) < 4.78 is 0. The zero-order valence-corrected chi connectivity index (χ0v) is 14.3. The zero-order chi connectivity index (χ0) is 18.1. The van der Waals surface area contributed by atoms with E-state index in [0.717, 1.165) is 38.9 Å². The molecule has 0 fully saturated rings. The summed E-state index contributed by atoms with van der Waals surface area (Å²) in [4.78, 5) is 15.9. The standard InChI is InChI=1S/C23H17NO2/c1-15-12-20(21-14-19(23(25)26)10-11-22(21)24-15)18-9-5-8-17(13-18)16-6-3-2-4-7-16/h2-14H,1H3,(H,25,26). The Morgan fingerprint density at radius 1 is 0.808 bits per heavy atom. The molecule has 1 heterocycles. The van der Waals surface area contributed by atoms with Crippen LogP contribution in [0.1, 0.15) is 16.1 Å². The minimum absolute atomic E-state index is 0.267. The number of nitrogens with zero attached hydrogens (tertiary/aromatic N) is 1. The number of aromatic nitrogens is 1. The molecule has 4 aromatic rings. The van der Waals surface area contributed by atoms with E-state index in [1.54, 1.807) is 18.2 Å². The maximum absolute atomic E-state index is 11.4. The van der Waals surface area contributed by atoms with Gasteiger partial charge in [0.25, 0.3) is 0 Å². The molecule has 0 unspecified atom stereocenters. The molecule has 3 nitrogen and oxygen atoms in total. The second-order valence-electron chi connectivity index (χ2n) is 6.30. The Balaban J connectivity index is 1.94. The molecule has 1 N–H and O–H groups in total. The lowest BCUT2D eigenvalue weighted by molar-refractivity contribution is 0.0697. The number of carbonyl (C=O) groups is 1. The second kappa shape index (κ2) is 6.45. The van der Waals surface area contributed by atoms with E-state index in [1.807, 2.05) is 43.3 Å². The SMILES string of the molecule is Cc1cc(-c2cccc(-c3ccccc3)c2)c2cc(C(=O)O)ccc2n1. The van der Waals surface area contributed by atoms with Gasteiger partial charge in [-0.1, -0.05) is 48.5 Å². The maximum atomic E-state index is 11.4. The van der Waals surface area contributed by atoms with Crippen molar-refractivity contribution in [1.82, 2.24) is 4.98 Å². The van der Waals surface area contributed by atoms with E-state index in [1.165, 1.54) is 0 Å². The molecule has 1 aromatic heterocycles. The van der Waals surface area contributed by atoms with Crippen molar-refractivity contribution >= 4 is 16.9 Å². The van der Waals surface area contributed by atoms with Gasteiger partial charge in [0.1, 0.15) is 0 Å². The van der Waals surface area contributed by atoms with E-state index >= 15 is 0 Å². The molecule has 0 aliphatic rings. The maximum Gasteiger partial charge on any atom is 0.335 e. The van der Waals surface area contributed by atoms with E-state index in [2.05, 4.69) is 29.2 Å². The molecule has 0 bridgehead atoms. The van der Waals surface area contributed by atoms with Gasteiger partial charge >= 0.3 is 5.97 Å². The van der Waals surface area contributed by atoms with Crippen molar-refractivity contribution < 1.29 is 9.90 Å². The van der Waals surface area contributed by atoms with Crippen LogP contribution in [0.15, 0.2) is 78.9 Å². The number of pyridine rings is 1. The molecule has 26 heavy (non-hydrogen) atoms. The summed E-state index contributed by atoms with van der Waals surface area (Å²) in [6, 6.07) is 25.6. The molecule has 3 aromatic carbocycles. The molecule has 3 heteroatoms. The molecular formula is C23H17NO2. The third-order valence-corrected chi connectivity index (χ3v) is 4.46. The highest BCUT2D eigenvalue weighted by Gasteiger charge is 2.11. The monoisotopic (exact) mass is 339 g/mol. The molecule has 4 rings (SSSR count). The Bertz CT molecular complexity index is 1120. The van der Waals surface area contributed by atoms with Crippen LogP contribution in [0.2, 0.25) is 0 Å². The van der Waals surface area contributed by atoms with Gasteiger partial charge in [0.05, 0.1) is 11.1 Å². The number of benzene rings is 3. The predicted molar refractivity (Wildman–Crippen MR) is 104 cm³/mol. The Morgan fingerprint density at radius 2 is 1.54 bits per heavy atom. The first-order chi connectivity index (χ1) is 12.6. The van der Waals surface area contributed by atoms with Crippen molar-refractivity contribution in [3.05, 3.63) is 90.1 Å². The van der Waals surface area contributed by atoms with Gasteiger partial charge in [0.2, 0.25) is 0 Å². The normalized spacial score (nSPS) is 10.8. The number of hydrogen-bond donors (Lipinski definition) is 1. The molecule has 126 valence electrons. The molecular weight excluding hydrogens is 322 g/mol. The van der Waals surface area contributed by atoms with Crippen molar-refractivity contribution in [2.24, 2.45) is 0 Å². The van der Waals surface area contributed by atoms with E-state index in [9.17, 15) is 9.90 Å². The van der Waals surface area contributed by atoms with Gasteiger partial charge < -0.3 is 5.11 Å². The van der Waals surface area contributed by atoms with Crippen LogP contribution in [0.5, 0.6) is 0 Å². The van der Waals surface area contributed by atoms with Crippen LogP contribution in [0, 0.1) is 6.92 Å². The van der Waals surface area contributed by atoms with Crippen molar-refractivity contribution in [3.63, 3.8) is 0 Å². The van der Waals surface area contributed by atoms with Crippen molar-refractivity contribution in [2.75, 3.05) is 0 Å². The smallest absolute Gasteiger partial charge is 0.335 e. The molecule has 0 aliphatic heterocycles. The van der Waals surface area contributed by atoms with Crippen molar-refractivity contribution in [1.29, 1.82) is 0 Å². The Morgan fingerprint density at radius 3 is 2.31 bits per heavy atom. The van der Waals surface area contributed by atoms with Crippen LogP contribution in [-0.2, 0) is 0 Å². The van der Waals surface area contributed by atoms with Crippen LogP contribution >= 0.6 is 0 Å². The summed E-state index contributed by atoms with van der Waals surface area (Å²) in [6.07, 6.45) is 0. The fourth-order valence-corrected chi connectivity index (χ4v) is 3.23. The summed E-state index contributed by atoms with van der Waals surface area (Å²) in [5, 5.41) is 10.2. The van der Waals surface area contributed by atoms with Crippen LogP contribution in [0.3, 0.4) is 0 Å². The van der Waals surface area contributed by atoms with Gasteiger partial charge in [0.15, 0.2) is 0 Å².